The van der Waals surface area contributed by atoms with E-state index in [2.05, 4.69) is 48.6 Å². The molecule has 1 aliphatic carbocycles. The second-order valence-electron chi connectivity index (χ2n) is 11.1. The molecule has 3 heterocycles. The van der Waals surface area contributed by atoms with E-state index >= 15 is 0 Å². The Morgan fingerprint density at radius 1 is 1.14 bits per heavy atom. The maximum absolute atomic E-state index is 13.6. The molecule has 0 unspecified atom stereocenters. The minimum atomic E-state index is -4.61. The number of nitrogens with zero attached hydrogens (tertiary/aromatic N) is 7. The molecule has 3 aromatic rings. The predicted octanol–water partition coefficient (Wildman–Crippen LogP) is 4.65. The van der Waals surface area contributed by atoms with E-state index in [-0.39, 0.29) is 23.5 Å². The highest BCUT2D eigenvalue weighted by atomic mass is 32.2. The SMILES string of the molecule is Cc1cc(NS(=O)(=O)CCC(F)(F)F)ncc1-c1nc2cnc(N=CC3CCC(N(C)C)CC3)nc2n(C(C)C)c1=O. The monoisotopic (exact) mass is 608 g/mol. The third-order valence-corrected chi connectivity index (χ3v) is 8.55. The fourth-order valence-electron chi connectivity index (χ4n) is 4.97. The minimum Gasteiger partial charge on any atom is -0.306 e. The molecule has 0 atom stereocenters. The van der Waals surface area contributed by atoms with Crippen LogP contribution < -0.4 is 10.3 Å². The molecule has 3 aromatic heterocycles. The average molecular weight is 609 g/mol. The molecule has 0 aromatic carbocycles. The number of hydrogen-bond donors (Lipinski definition) is 1. The van der Waals surface area contributed by atoms with Crippen molar-refractivity contribution in [3.05, 3.63) is 34.4 Å². The van der Waals surface area contributed by atoms with Crippen molar-refractivity contribution < 1.29 is 21.6 Å². The number of aryl methyl sites for hydroxylation is 1. The molecule has 0 spiro atoms. The van der Waals surface area contributed by atoms with E-state index in [0.717, 1.165) is 25.7 Å². The molecule has 11 nitrogen and oxygen atoms in total. The highest BCUT2D eigenvalue weighted by Gasteiger charge is 2.30. The first-order valence-electron chi connectivity index (χ1n) is 13.7. The maximum atomic E-state index is 13.6. The lowest BCUT2D eigenvalue weighted by Gasteiger charge is -2.31. The largest absolute Gasteiger partial charge is 0.390 e. The molecule has 0 aliphatic heterocycles. The summed E-state index contributed by atoms with van der Waals surface area (Å²) >= 11 is 0. The van der Waals surface area contributed by atoms with E-state index in [4.69, 9.17) is 0 Å². The quantitative estimate of drug-likeness (QED) is 0.347. The number of hydrogen-bond acceptors (Lipinski definition) is 9. The highest BCUT2D eigenvalue weighted by molar-refractivity contribution is 7.92. The first-order chi connectivity index (χ1) is 19.6. The Bertz CT molecular complexity index is 1630. The average Bonchev–Trinajstić information content (AvgIpc) is 2.90. The van der Waals surface area contributed by atoms with Gasteiger partial charge in [-0.1, -0.05) is 0 Å². The van der Waals surface area contributed by atoms with Crippen molar-refractivity contribution in [3.8, 4) is 11.3 Å². The maximum Gasteiger partial charge on any atom is 0.390 e. The molecule has 0 amide bonds. The highest BCUT2D eigenvalue weighted by Crippen LogP contribution is 2.27. The smallest absolute Gasteiger partial charge is 0.306 e. The zero-order chi connectivity index (χ0) is 30.8. The molecule has 1 saturated carbocycles. The second-order valence-corrected chi connectivity index (χ2v) is 12.9. The Labute approximate surface area is 242 Å². The summed E-state index contributed by atoms with van der Waals surface area (Å²) in [7, 11) is -0.0908. The fraction of sp³-hybridized carbons (Fsp3) is 0.556. The van der Waals surface area contributed by atoms with Crippen LogP contribution in [0.4, 0.5) is 24.9 Å². The van der Waals surface area contributed by atoms with Crippen LogP contribution in [0.5, 0.6) is 0 Å². The van der Waals surface area contributed by atoms with Crippen LogP contribution in [0.2, 0.25) is 0 Å². The molecule has 0 bridgehead atoms. The summed E-state index contributed by atoms with van der Waals surface area (Å²) in [5, 5.41) is 0. The number of nitrogens with one attached hydrogen (secondary N) is 1. The van der Waals surface area contributed by atoms with Crippen molar-refractivity contribution in [3.63, 3.8) is 0 Å². The molecule has 228 valence electrons. The van der Waals surface area contributed by atoms with Crippen LogP contribution in [-0.4, -0.2) is 76.1 Å². The van der Waals surface area contributed by atoms with Gasteiger partial charge in [0.05, 0.1) is 18.4 Å². The summed E-state index contributed by atoms with van der Waals surface area (Å²) in [4.78, 5) is 37.8. The Balaban J connectivity index is 1.61. The minimum absolute atomic E-state index is 0.0604. The third-order valence-electron chi connectivity index (χ3n) is 7.29. The number of aromatic nitrogens is 5. The summed E-state index contributed by atoms with van der Waals surface area (Å²) in [5.74, 6) is -0.723. The molecular formula is C27H35F3N8O3S. The zero-order valence-corrected chi connectivity index (χ0v) is 25.0. The number of anilines is 1. The van der Waals surface area contributed by atoms with Gasteiger partial charge in [0.1, 0.15) is 17.0 Å². The predicted molar refractivity (Wildman–Crippen MR) is 156 cm³/mol. The fourth-order valence-corrected chi connectivity index (χ4v) is 6.00. The Morgan fingerprint density at radius 3 is 2.43 bits per heavy atom. The summed E-state index contributed by atoms with van der Waals surface area (Å²) < 4.78 is 65.2. The normalized spacial score (nSPS) is 18.4. The summed E-state index contributed by atoms with van der Waals surface area (Å²) in [6.07, 6.45) is 2.83. The van der Waals surface area contributed by atoms with Crippen LogP contribution >= 0.6 is 0 Å². The standard InChI is InChI=1S/C27H35F3N8O3S/c1-16(2)38-24-21(15-33-26(35-24)32-13-18-6-8-19(9-7-18)37(4)5)34-23(25(38)39)20-14-31-22(12-17(20)3)36-42(40,41)11-10-27(28,29)30/h12-16,18-19H,6-11H2,1-5H3,(H,31,36). The van der Waals surface area contributed by atoms with E-state index in [1.807, 2.05) is 20.1 Å². The van der Waals surface area contributed by atoms with Crippen molar-refractivity contribution >= 4 is 39.2 Å². The molecule has 1 fully saturated rings. The lowest BCUT2D eigenvalue weighted by molar-refractivity contribution is -0.129. The Hall–Kier alpha value is -3.46. The van der Waals surface area contributed by atoms with E-state index in [9.17, 15) is 26.4 Å². The topological polar surface area (TPSA) is 135 Å². The van der Waals surface area contributed by atoms with Gasteiger partial charge in [-0.2, -0.15) is 18.2 Å². The number of sulfonamides is 1. The van der Waals surface area contributed by atoms with Crippen molar-refractivity contribution in [2.24, 2.45) is 10.9 Å². The van der Waals surface area contributed by atoms with Gasteiger partial charge in [0.2, 0.25) is 10.0 Å². The number of rotatable bonds is 9. The number of pyridine rings is 1. The lowest BCUT2D eigenvalue weighted by atomic mass is 9.86. The van der Waals surface area contributed by atoms with Crippen molar-refractivity contribution in [2.45, 2.75) is 71.1 Å². The van der Waals surface area contributed by atoms with Crippen LogP contribution in [0.25, 0.3) is 22.4 Å². The summed E-state index contributed by atoms with van der Waals surface area (Å²) in [6, 6.07) is 1.63. The number of alkyl halides is 3. The van der Waals surface area contributed by atoms with E-state index in [0.29, 0.717) is 34.3 Å². The van der Waals surface area contributed by atoms with Crippen LogP contribution in [0.15, 0.2) is 28.2 Å². The van der Waals surface area contributed by atoms with Crippen LogP contribution in [0.3, 0.4) is 0 Å². The van der Waals surface area contributed by atoms with E-state index in [1.165, 1.54) is 23.0 Å². The van der Waals surface area contributed by atoms with Crippen molar-refractivity contribution in [1.82, 2.24) is 29.4 Å². The first-order valence-corrected chi connectivity index (χ1v) is 15.3. The van der Waals surface area contributed by atoms with Gasteiger partial charge in [0, 0.05) is 30.1 Å². The molecular weight excluding hydrogens is 573 g/mol. The van der Waals surface area contributed by atoms with Crippen LogP contribution in [-0.2, 0) is 10.0 Å². The summed E-state index contributed by atoms with van der Waals surface area (Å²) in [6.45, 7) is 5.29. The Kier molecular flexibility index (Phi) is 9.30. The molecule has 0 radical (unpaired) electrons. The molecule has 0 saturated heterocycles. The first kappa shape index (κ1) is 31.5. The number of halogens is 3. The van der Waals surface area contributed by atoms with Crippen LogP contribution in [0.1, 0.15) is 57.6 Å². The molecule has 1 N–H and O–H groups in total. The molecule has 42 heavy (non-hydrogen) atoms. The number of aliphatic imine (C=N–C) groups is 1. The number of fused-ring (bicyclic) bond motifs is 1. The van der Waals surface area contributed by atoms with Gasteiger partial charge >= 0.3 is 6.18 Å². The molecule has 4 rings (SSSR count). The van der Waals surface area contributed by atoms with Gasteiger partial charge in [0.15, 0.2) is 5.65 Å². The lowest BCUT2D eigenvalue weighted by Crippen LogP contribution is -2.32. The van der Waals surface area contributed by atoms with Crippen molar-refractivity contribution in [2.75, 3.05) is 24.6 Å². The zero-order valence-electron chi connectivity index (χ0n) is 24.2. The van der Waals surface area contributed by atoms with Gasteiger partial charge in [-0.25, -0.2) is 28.4 Å². The van der Waals surface area contributed by atoms with Gasteiger partial charge in [-0.3, -0.25) is 14.1 Å². The van der Waals surface area contributed by atoms with Gasteiger partial charge < -0.3 is 4.90 Å². The second kappa shape index (κ2) is 12.4. The van der Waals surface area contributed by atoms with E-state index in [1.54, 1.807) is 6.92 Å². The molecule has 15 heteroatoms. The van der Waals surface area contributed by atoms with E-state index < -0.39 is 33.9 Å². The van der Waals surface area contributed by atoms with Crippen LogP contribution in [0, 0.1) is 12.8 Å². The molecule has 1 aliphatic rings. The van der Waals surface area contributed by atoms with Gasteiger partial charge in [0.25, 0.3) is 11.5 Å². The van der Waals surface area contributed by atoms with Gasteiger partial charge in [-0.05, 0) is 78.1 Å². The van der Waals surface area contributed by atoms with Gasteiger partial charge in [-0.15, -0.1) is 0 Å². The Morgan fingerprint density at radius 2 is 1.83 bits per heavy atom. The third kappa shape index (κ3) is 7.68. The summed E-state index contributed by atoms with van der Waals surface area (Å²) in [5.41, 5.74) is 1.10. The van der Waals surface area contributed by atoms with Crippen molar-refractivity contribution in [1.29, 1.82) is 0 Å².